The van der Waals surface area contributed by atoms with Gasteiger partial charge in [-0.25, -0.2) is 0 Å². The monoisotopic (exact) mass is 232 g/mol. The second-order valence-electron chi connectivity index (χ2n) is 5.36. The molecule has 0 bridgehead atoms. The van der Waals surface area contributed by atoms with Crippen LogP contribution in [0, 0.1) is 12.8 Å². The highest BCUT2D eigenvalue weighted by molar-refractivity contribution is 5.23. The average Bonchev–Trinajstić information content (AvgIpc) is 2.37. The van der Waals surface area contributed by atoms with Crippen molar-refractivity contribution >= 4 is 0 Å². The summed E-state index contributed by atoms with van der Waals surface area (Å²) in [4.78, 5) is 0. The van der Waals surface area contributed by atoms with Crippen molar-refractivity contribution in [1.82, 2.24) is 5.43 Å². The molecule has 1 atom stereocenters. The molecule has 2 heteroatoms. The van der Waals surface area contributed by atoms with E-state index >= 15 is 0 Å². The first-order valence-electron chi connectivity index (χ1n) is 6.81. The number of nitrogens with one attached hydrogen (secondary N) is 1. The maximum Gasteiger partial charge on any atom is 0.0279 e. The molecule has 1 aliphatic rings. The Hall–Kier alpha value is -0.860. The van der Waals surface area contributed by atoms with Crippen LogP contribution in [0.15, 0.2) is 24.3 Å². The summed E-state index contributed by atoms with van der Waals surface area (Å²) >= 11 is 0. The minimum atomic E-state index is 0.442. The van der Waals surface area contributed by atoms with Crippen LogP contribution in [0.1, 0.15) is 43.2 Å². The maximum atomic E-state index is 5.74. The van der Waals surface area contributed by atoms with Crippen molar-refractivity contribution in [2.75, 3.05) is 0 Å². The summed E-state index contributed by atoms with van der Waals surface area (Å²) in [6.45, 7) is 2.15. The molecule has 1 aromatic rings. The van der Waals surface area contributed by atoms with E-state index in [2.05, 4.69) is 36.6 Å². The fraction of sp³-hybridized carbons (Fsp3) is 0.600. The van der Waals surface area contributed by atoms with Gasteiger partial charge in [-0.3, -0.25) is 11.3 Å². The van der Waals surface area contributed by atoms with Gasteiger partial charge in [0.2, 0.25) is 0 Å². The van der Waals surface area contributed by atoms with Crippen LogP contribution in [-0.4, -0.2) is 6.04 Å². The molecule has 0 aromatic heterocycles. The van der Waals surface area contributed by atoms with Gasteiger partial charge in [-0.05, 0) is 37.7 Å². The molecular weight excluding hydrogens is 208 g/mol. The Bertz CT molecular complexity index is 343. The minimum Gasteiger partial charge on any atom is -0.271 e. The largest absolute Gasteiger partial charge is 0.271 e. The first kappa shape index (κ1) is 12.6. The summed E-state index contributed by atoms with van der Waals surface area (Å²) in [6.07, 6.45) is 7.87. The van der Waals surface area contributed by atoms with Crippen molar-refractivity contribution in [1.29, 1.82) is 0 Å². The average molecular weight is 232 g/mol. The Balaban J connectivity index is 1.98. The number of benzene rings is 1. The number of rotatable bonds is 4. The molecule has 94 valence electrons. The van der Waals surface area contributed by atoms with E-state index in [0.717, 1.165) is 12.3 Å². The number of nitrogens with two attached hydrogens (primary N) is 1. The van der Waals surface area contributed by atoms with Gasteiger partial charge in [0.05, 0.1) is 0 Å². The SMILES string of the molecule is Cc1cccc(CC(NN)C2CCCCC2)c1. The van der Waals surface area contributed by atoms with Gasteiger partial charge >= 0.3 is 0 Å². The molecule has 1 aromatic carbocycles. The quantitative estimate of drug-likeness (QED) is 0.619. The Morgan fingerprint density at radius 3 is 2.71 bits per heavy atom. The van der Waals surface area contributed by atoms with Crippen LogP contribution in [-0.2, 0) is 6.42 Å². The van der Waals surface area contributed by atoms with Crippen LogP contribution in [0.2, 0.25) is 0 Å². The van der Waals surface area contributed by atoms with E-state index in [1.165, 1.54) is 43.2 Å². The smallest absolute Gasteiger partial charge is 0.0279 e. The normalized spacial score (nSPS) is 19.2. The summed E-state index contributed by atoms with van der Waals surface area (Å²) in [7, 11) is 0. The highest BCUT2D eigenvalue weighted by Gasteiger charge is 2.22. The third kappa shape index (κ3) is 3.55. The lowest BCUT2D eigenvalue weighted by Crippen LogP contribution is -2.43. The molecule has 2 nitrogen and oxygen atoms in total. The van der Waals surface area contributed by atoms with Gasteiger partial charge in [-0.15, -0.1) is 0 Å². The second kappa shape index (κ2) is 6.18. The summed E-state index contributed by atoms with van der Waals surface area (Å²) in [6, 6.07) is 9.21. The molecule has 0 saturated heterocycles. The van der Waals surface area contributed by atoms with Crippen molar-refractivity contribution < 1.29 is 0 Å². The van der Waals surface area contributed by atoms with Gasteiger partial charge in [0.15, 0.2) is 0 Å². The molecule has 1 unspecified atom stereocenters. The van der Waals surface area contributed by atoms with Crippen molar-refractivity contribution in [2.45, 2.75) is 51.5 Å². The molecule has 0 radical (unpaired) electrons. The van der Waals surface area contributed by atoms with E-state index in [9.17, 15) is 0 Å². The Morgan fingerprint density at radius 2 is 2.06 bits per heavy atom. The number of hydrogen-bond donors (Lipinski definition) is 2. The summed E-state index contributed by atoms with van der Waals surface area (Å²) in [5.41, 5.74) is 5.78. The van der Waals surface area contributed by atoms with Crippen LogP contribution in [0.3, 0.4) is 0 Å². The van der Waals surface area contributed by atoms with Gasteiger partial charge in [0, 0.05) is 6.04 Å². The van der Waals surface area contributed by atoms with Gasteiger partial charge in [0.25, 0.3) is 0 Å². The summed E-state index contributed by atoms with van der Waals surface area (Å²) in [5, 5.41) is 0. The molecule has 1 saturated carbocycles. The lowest BCUT2D eigenvalue weighted by Gasteiger charge is -2.29. The topological polar surface area (TPSA) is 38.0 Å². The predicted molar refractivity (Wildman–Crippen MR) is 72.6 cm³/mol. The Kier molecular flexibility index (Phi) is 4.57. The van der Waals surface area contributed by atoms with Gasteiger partial charge in [-0.2, -0.15) is 0 Å². The number of aryl methyl sites for hydroxylation is 1. The maximum absolute atomic E-state index is 5.74. The Morgan fingerprint density at radius 1 is 1.29 bits per heavy atom. The first-order chi connectivity index (χ1) is 8.29. The first-order valence-corrected chi connectivity index (χ1v) is 6.81. The number of hydrazine groups is 1. The standard InChI is InChI=1S/C15H24N2/c1-12-6-5-7-13(10-12)11-15(17-16)14-8-3-2-4-9-14/h5-7,10,14-15,17H,2-4,8-9,11,16H2,1H3. The van der Waals surface area contributed by atoms with Crippen LogP contribution in [0.5, 0.6) is 0 Å². The van der Waals surface area contributed by atoms with E-state index in [1.807, 2.05) is 0 Å². The fourth-order valence-corrected chi connectivity index (χ4v) is 2.99. The highest BCUT2D eigenvalue weighted by atomic mass is 15.2. The van der Waals surface area contributed by atoms with Gasteiger partial charge < -0.3 is 0 Å². The molecule has 1 aliphatic carbocycles. The molecule has 0 aliphatic heterocycles. The van der Waals surface area contributed by atoms with Crippen LogP contribution >= 0.6 is 0 Å². The van der Waals surface area contributed by atoms with E-state index in [1.54, 1.807) is 0 Å². The van der Waals surface area contributed by atoms with E-state index < -0.39 is 0 Å². The molecule has 1 fully saturated rings. The van der Waals surface area contributed by atoms with Gasteiger partial charge in [-0.1, -0.05) is 49.1 Å². The molecule has 17 heavy (non-hydrogen) atoms. The molecule has 3 N–H and O–H groups in total. The summed E-state index contributed by atoms with van der Waals surface area (Å²) in [5.74, 6) is 6.50. The molecule has 2 rings (SSSR count). The molecule has 0 heterocycles. The zero-order chi connectivity index (χ0) is 12.1. The van der Waals surface area contributed by atoms with E-state index in [0.29, 0.717) is 6.04 Å². The fourth-order valence-electron chi connectivity index (χ4n) is 2.99. The molecule has 0 amide bonds. The van der Waals surface area contributed by atoms with Crippen molar-refractivity contribution in [2.24, 2.45) is 11.8 Å². The molecular formula is C15H24N2. The van der Waals surface area contributed by atoms with Crippen LogP contribution < -0.4 is 11.3 Å². The number of hydrogen-bond acceptors (Lipinski definition) is 2. The van der Waals surface area contributed by atoms with E-state index in [4.69, 9.17) is 5.84 Å². The highest BCUT2D eigenvalue weighted by Crippen LogP contribution is 2.27. The third-order valence-corrected chi connectivity index (χ3v) is 3.97. The van der Waals surface area contributed by atoms with Crippen molar-refractivity contribution in [3.8, 4) is 0 Å². The summed E-state index contributed by atoms with van der Waals surface area (Å²) < 4.78 is 0. The van der Waals surface area contributed by atoms with Crippen molar-refractivity contribution in [3.05, 3.63) is 35.4 Å². The zero-order valence-electron chi connectivity index (χ0n) is 10.8. The Labute approximate surface area is 105 Å². The minimum absolute atomic E-state index is 0.442. The van der Waals surface area contributed by atoms with Crippen LogP contribution in [0.25, 0.3) is 0 Å². The lowest BCUT2D eigenvalue weighted by molar-refractivity contribution is 0.268. The zero-order valence-corrected chi connectivity index (χ0v) is 10.8. The lowest BCUT2D eigenvalue weighted by atomic mass is 9.82. The second-order valence-corrected chi connectivity index (χ2v) is 5.36. The predicted octanol–water partition coefficient (Wildman–Crippen LogP) is 2.95. The third-order valence-electron chi connectivity index (χ3n) is 3.97. The van der Waals surface area contributed by atoms with Gasteiger partial charge in [0.1, 0.15) is 0 Å². The molecule has 0 spiro atoms. The van der Waals surface area contributed by atoms with Crippen molar-refractivity contribution in [3.63, 3.8) is 0 Å². The van der Waals surface area contributed by atoms with E-state index in [-0.39, 0.29) is 0 Å². The van der Waals surface area contributed by atoms with Crippen LogP contribution in [0.4, 0.5) is 0 Å².